The molecule has 0 radical (unpaired) electrons. The topological polar surface area (TPSA) is 47.9 Å². The molecule has 1 aliphatic rings. The summed E-state index contributed by atoms with van der Waals surface area (Å²) in [6.45, 7) is 8.99. The molecule has 0 saturated heterocycles. The summed E-state index contributed by atoms with van der Waals surface area (Å²) in [4.78, 5) is 16.3. The van der Waals surface area contributed by atoms with Crippen molar-refractivity contribution in [1.82, 2.24) is 0 Å². The lowest BCUT2D eigenvalue weighted by atomic mass is 9.90. The average molecular weight is 347 g/mol. The first-order valence-electron chi connectivity index (χ1n) is 8.51. The molecule has 0 bridgehead atoms. The molecule has 0 spiro atoms. The number of esters is 1. The van der Waals surface area contributed by atoms with Gasteiger partial charge in [-0.25, -0.2) is 9.18 Å². The van der Waals surface area contributed by atoms with E-state index in [0.717, 1.165) is 17.7 Å². The highest BCUT2D eigenvalue weighted by atomic mass is 19.1. The first-order valence-corrected chi connectivity index (χ1v) is 8.51. The van der Waals surface area contributed by atoms with Crippen LogP contribution in [-0.2, 0) is 9.53 Å². The molecular weight excluding hydrogens is 321 g/mol. The molecule has 0 fully saturated rings. The van der Waals surface area contributed by atoms with Crippen LogP contribution in [0, 0.1) is 5.82 Å². The maximum Gasteiger partial charge on any atom is 0.344 e. The van der Waals surface area contributed by atoms with E-state index in [0.29, 0.717) is 0 Å². The van der Waals surface area contributed by atoms with E-state index in [9.17, 15) is 9.18 Å². The minimum absolute atomic E-state index is 0.0463. The van der Waals surface area contributed by atoms with Crippen LogP contribution in [0.4, 0.5) is 4.39 Å². The van der Waals surface area contributed by atoms with Crippen LogP contribution in [0.2, 0.25) is 0 Å². The first kappa shape index (κ1) is 19.2. The molecular formula is C20H26FNO3. The summed E-state index contributed by atoms with van der Waals surface area (Å²) in [5.41, 5.74) is 1.26. The predicted molar refractivity (Wildman–Crippen MR) is 96.8 cm³/mol. The largest absolute Gasteiger partial charge is 0.479 e. The number of rotatable bonds is 5. The van der Waals surface area contributed by atoms with E-state index in [1.54, 1.807) is 26.8 Å². The fourth-order valence-electron chi connectivity index (χ4n) is 2.70. The summed E-state index contributed by atoms with van der Waals surface area (Å²) in [5, 5.41) is 0. The van der Waals surface area contributed by atoms with Gasteiger partial charge in [-0.1, -0.05) is 19.1 Å². The second-order valence-electron chi connectivity index (χ2n) is 7.33. The van der Waals surface area contributed by atoms with Gasteiger partial charge in [0.1, 0.15) is 5.60 Å². The van der Waals surface area contributed by atoms with Crippen molar-refractivity contribution in [2.45, 2.75) is 58.6 Å². The number of allylic oxidation sites excluding steroid dienone is 1. The van der Waals surface area contributed by atoms with Crippen molar-refractivity contribution < 1.29 is 18.7 Å². The van der Waals surface area contributed by atoms with Gasteiger partial charge >= 0.3 is 5.97 Å². The van der Waals surface area contributed by atoms with Gasteiger partial charge in [-0.2, -0.15) is 0 Å². The number of ether oxygens (including phenoxy) is 2. The lowest BCUT2D eigenvalue weighted by molar-refractivity contribution is -0.157. The number of hydrogen-bond donors (Lipinski definition) is 0. The summed E-state index contributed by atoms with van der Waals surface area (Å²) in [5.74, 6) is -0.873. The molecule has 0 saturated carbocycles. The molecule has 0 aliphatic carbocycles. The van der Waals surface area contributed by atoms with E-state index in [1.807, 2.05) is 26.0 Å². The number of hydrogen-bond acceptors (Lipinski definition) is 4. The molecule has 1 aliphatic heterocycles. The molecule has 136 valence electrons. The first-order chi connectivity index (χ1) is 11.7. The molecule has 2 unspecified atom stereocenters. The van der Waals surface area contributed by atoms with Gasteiger partial charge in [-0.05, 0) is 57.9 Å². The van der Waals surface area contributed by atoms with Crippen molar-refractivity contribution in [3.8, 4) is 5.75 Å². The van der Waals surface area contributed by atoms with Gasteiger partial charge in [0.2, 0.25) is 0 Å². The Balaban J connectivity index is 2.00. The van der Waals surface area contributed by atoms with E-state index < -0.39 is 17.4 Å². The Morgan fingerprint density at radius 1 is 1.40 bits per heavy atom. The Hall–Kier alpha value is -2.17. The second kappa shape index (κ2) is 7.81. The van der Waals surface area contributed by atoms with Crippen LogP contribution in [0.1, 0.15) is 52.5 Å². The number of halogens is 1. The van der Waals surface area contributed by atoms with E-state index in [1.165, 1.54) is 6.07 Å². The third kappa shape index (κ3) is 5.69. The SMILES string of the molecule is CC1=NC(C(C)c2ccc(OCC(=O)OC(C)(C)C)c(F)c2)CC=C1. The van der Waals surface area contributed by atoms with Crippen LogP contribution < -0.4 is 4.74 Å². The highest BCUT2D eigenvalue weighted by molar-refractivity contribution is 5.93. The Labute approximate surface area is 148 Å². The molecule has 0 N–H and O–H groups in total. The van der Waals surface area contributed by atoms with Crippen molar-refractivity contribution in [2.75, 3.05) is 6.61 Å². The quantitative estimate of drug-likeness (QED) is 0.740. The average Bonchev–Trinajstić information content (AvgIpc) is 2.51. The molecule has 1 aromatic carbocycles. The molecule has 4 nitrogen and oxygen atoms in total. The van der Waals surface area contributed by atoms with Gasteiger partial charge in [0.15, 0.2) is 18.2 Å². The molecule has 0 aromatic heterocycles. The van der Waals surface area contributed by atoms with Crippen LogP contribution in [0.25, 0.3) is 0 Å². The zero-order chi connectivity index (χ0) is 18.6. The van der Waals surface area contributed by atoms with Crippen LogP contribution in [0.3, 0.4) is 0 Å². The van der Waals surface area contributed by atoms with Crippen molar-refractivity contribution >= 4 is 11.7 Å². The highest BCUT2D eigenvalue weighted by Gasteiger charge is 2.21. The van der Waals surface area contributed by atoms with Crippen LogP contribution in [0.15, 0.2) is 35.3 Å². The molecule has 5 heteroatoms. The summed E-state index contributed by atoms with van der Waals surface area (Å²) >= 11 is 0. The third-order valence-electron chi connectivity index (χ3n) is 3.93. The smallest absolute Gasteiger partial charge is 0.344 e. The zero-order valence-electron chi connectivity index (χ0n) is 15.5. The number of nitrogens with zero attached hydrogens (tertiary/aromatic N) is 1. The van der Waals surface area contributed by atoms with Crippen molar-refractivity contribution in [1.29, 1.82) is 0 Å². The Bertz CT molecular complexity index is 689. The number of benzene rings is 1. The predicted octanol–water partition coefficient (Wildman–Crippen LogP) is 4.44. The lowest BCUT2D eigenvalue weighted by Gasteiger charge is -2.23. The van der Waals surface area contributed by atoms with Crippen LogP contribution >= 0.6 is 0 Å². The van der Waals surface area contributed by atoms with Crippen molar-refractivity contribution in [2.24, 2.45) is 4.99 Å². The molecule has 0 amide bonds. The molecule has 1 heterocycles. The van der Waals surface area contributed by atoms with E-state index in [4.69, 9.17) is 9.47 Å². The second-order valence-corrected chi connectivity index (χ2v) is 7.33. The summed E-state index contributed by atoms with van der Waals surface area (Å²) in [6, 6.07) is 4.94. The van der Waals surface area contributed by atoms with Gasteiger partial charge in [-0.15, -0.1) is 0 Å². The Morgan fingerprint density at radius 3 is 2.72 bits per heavy atom. The molecule has 2 atom stereocenters. The fourth-order valence-corrected chi connectivity index (χ4v) is 2.70. The van der Waals surface area contributed by atoms with Crippen molar-refractivity contribution in [3.05, 3.63) is 41.7 Å². The summed E-state index contributed by atoms with van der Waals surface area (Å²) in [6.07, 6.45) is 4.94. The van der Waals surface area contributed by atoms with Gasteiger partial charge in [0, 0.05) is 11.6 Å². The van der Waals surface area contributed by atoms with Gasteiger partial charge < -0.3 is 9.47 Å². The van der Waals surface area contributed by atoms with Gasteiger partial charge in [-0.3, -0.25) is 4.99 Å². The maximum absolute atomic E-state index is 14.3. The van der Waals surface area contributed by atoms with Gasteiger partial charge in [0.25, 0.3) is 0 Å². The Morgan fingerprint density at radius 2 is 2.12 bits per heavy atom. The Kier molecular flexibility index (Phi) is 5.98. The van der Waals surface area contributed by atoms with E-state index in [-0.39, 0.29) is 24.3 Å². The van der Waals surface area contributed by atoms with Gasteiger partial charge in [0.05, 0.1) is 6.04 Å². The molecule has 1 aromatic rings. The molecule has 25 heavy (non-hydrogen) atoms. The van der Waals surface area contributed by atoms with Crippen molar-refractivity contribution in [3.63, 3.8) is 0 Å². The summed E-state index contributed by atoms with van der Waals surface area (Å²) < 4.78 is 24.7. The number of dihydropyridines is 1. The fraction of sp³-hybridized carbons (Fsp3) is 0.500. The monoisotopic (exact) mass is 347 g/mol. The van der Waals surface area contributed by atoms with E-state index in [2.05, 4.69) is 11.1 Å². The number of carbonyl (C=O) groups excluding carboxylic acids is 1. The van der Waals surface area contributed by atoms with E-state index >= 15 is 0 Å². The number of carbonyl (C=O) groups is 1. The lowest BCUT2D eigenvalue weighted by Crippen LogP contribution is -2.27. The summed E-state index contributed by atoms with van der Waals surface area (Å²) in [7, 11) is 0. The van der Waals surface area contributed by atoms with Crippen LogP contribution in [-0.4, -0.2) is 29.9 Å². The molecule has 2 rings (SSSR count). The third-order valence-corrected chi connectivity index (χ3v) is 3.93. The standard InChI is InChI=1S/C20H26FNO3/c1-13-7-6-8-17(22-13)14(2)15-9-10-18(16(21)11-15)24-12-19(23)25-20(3,4)5/h6-7,9-11,14,17H,8,12H2,1-5H3. The number of aliphatic imine (C=N–C) groups is 1. The normalized spacial score (nSPS) is 18.5. The minimum atomic E-state index is -0.592. The minimum Gasteiger partial charge on any atom is -0.479 e. The van der Waals surface area contributed by atoms with Crippen LogP contribution in [0.5, 0.6) is 5.75 Å². The highest BCUT2D eigenvalue weighted by Crippen LogP contribution is 2.29. The maximum atomic E-state index is 14.3. The zero-order valence-corrected chi connectivity index (χ0v) is 15.5.